The standard InChI is InChI=1S/C16H6O7.C2H6/c17-13-9-3-1-7(5-11(9)15(19)22-13)21-8-2-4-10-12(6-8)16(20)23-14(10)18;1-2/h1-6H;1-2H3. The molecule has 0 bridgehead atoms. The van der Waals surface area contributed by atoms with Crippen molar-refractivity contribution in [2.75, 3.05) is 0 Å². The van der Waals surface area contributed by atoms with E-state index in [1.54, 1.807) is 0 Å². The van der Waals surface area contributed by atoms with Gasteiger partial charge in [-0.15, -0.1) is 0 Å². The fourth-order valence-electron chi connectivity index (χ4n) is 2.39. The maximum absolute atomic E-state index is 11.5. The fourth-order valence-corrected chi connectivity index (χ4v) is 2.39. The minimum absolute atomic E-state index is 0.114. The largest absolute Gasteiger partial charge is 0.457 e. The Morgan fingerprint density at radius 1 is 0.600 bits per heavy atom. The van der Waals surface area contributed by atoms with Gasteiger partial charge in [0.2, 0.25) is 0 Å². The molecule has 2 heterocycles. The molecule has 0 N–H and O–H groups in total. The first-order chi connectivity index (χ1) is 12.0. The Balaban J connectivity index is 0.000000880. The smallest absolute Gasteiger partial charge is 0.347 e. The van der Waals surface area contributed by atoms with Gasteiger partial charge in [-0.25, -0.2) is 19.2 Å². The van der Waals surface area contributed by atoms with Crippen molar-refractivity contribution in [1.29, 1.82) is 0 Å². The summed E-state index contributed by atoms with van der Waals surface area (Å²) >= 11 is 0. The topological polar surface area (TPSA) is 96.0 Å². The number of carbonyl (C=O) groups is 4. The van der Waals surface area contributed by atoms with E-state index in [4.69, 9.17) is 4.74 Å². The molecule has 0 fully saturated rings. The molecule has 7 nitrogen and oxygen atoms in total. The summed E-state index contributed by atoms with van der Waals surface area (Å²) in [6.45, 7) is 4.00. The first-order valence-electron chi connectivity index (χ1n) is 7.52. The van der Waals surface area contributed by atoms with Crippen LogP contribution >= 0.6 is 0 Å². The van der Waals surface area contributed by atoms with Crippen LogP contribution in [0.4, 0.5) is 0 Å². The molecule has 0 aliphatic carbocycles. The number of cyclic esters (lactones) is 4. The van der Waals surface area contributed by atoms with Crippen LogP contribution in [0.1, 0.15) is 55.3 Å². The monoisotopic (exact) mass is 340 g/mol. The van der Waals surface area contributed by atoms with Crippen molar-refractivity contribution in [3.8, 4) is 11.5 Å². The summed E-state index contributed by atoms with van der Waals surface area (Å²) < 4.78 is 14.5. The highest BCUT2D eigenvalue weighted by Crippen LogP contribution is 2.30. The summed E-state index contributed by atoms with van der Waals surface area (Å²) in [4.78, 5) is 45.8. The van der Waals surface area contributed by atoms with Crippen LogP contribution < -0.4 is 4.74 Å². The number of esters is 4. The first-order valence-corrected chi connectivity index (χ1v) is 7.52. The molecule has 4 rings (SSSR count). The van der Waals surface area contributed by atoms with Crippen LogP contribution in [0.2, 0.25) is 0 Å². The molecule has 126 valence electrons. The van der Waals surface area contributed by atoms with Crippen molar-refractivity contribution in [3.05, 3.63) is 58.7 Å². The van der Waals surface area contributed by atoms with E-state index in [1.165, 1.54) is 36.4 Å². The second kappa shape index (κ2) is 6.20. The molecule has 0 spiro atoms. The van der Waals surface area contributed by atoms with Gasteiger partial charge in [-0.05, 0) is 36.4 Å². The van der Waals surface area contributed by atoms with Crippen molar-refractivity contribution in [2.45, 2.75) is 13.8 Å². The SMILES string of the molecule is CC.O=C1OC(=O)c2cc(Oc3ccc4c(c3)C(=O)OC4=O)ccc21. The minimum atomic E-state index is -0.737. The van der Waals surface area contributed by atoms with Gasteiger partial charge in [-0.2, -0.15) is 0 Å². The fraction of sp³-hybridized carbons (Fsp3) is 0.111. The highest BCUT2D eigenvalue weighted by Gasteiger charge is 2.31. The molecule has 7 heteroatoms. The predicted molar refractivity (Wildman–Crippen MR) is 83.8 cm³/mol. The zero-order valence-electron chi connectivity index (χ0n) is 13.3. The Bertz CT molecular complexity index is 852. The van der Waals surface area contributed by atoms with Gasteiger partial charge in [0.15, 0.2) is 0 Å². The van der Waals surface area contributed by atoms with E-state index in [0.717, 1.165) is 0 Å². The van der Waals surface area contributed by atoms with Gasteiger partial charge < -0.3 is 14.2 Å². The molecule has 0 aromatic heterocycles. The Morgan fingerprint density at radius 3 is 1.36 bits per heavy atom. The Morgan fingerprint density at radius 2 is 0.960 bits per heavy atom. The molecular weight excluding hydrogens is 328 g/mol. The molecule has 0 amide bonds. The van der Waals surface area contributed by atoms with Crippen molar-refractivity contribution >= 4 is 23.9 Å². The third kappa shape index (κ3) is 2.76. The van der Waals surface area contributed by atoms with Crippen molar-refractivity contribution in [2.24, 2.45) is 0 Å². The van der Waals surface area contributed by atoms with Gasteiger partial charge in [-0.3, -0.25) is 0 Å². The van der Waals surface area contributed by atoms with Gasteiger partial charge in [0.05, 0.1) is 22.3 Å². The van der Waals surface area contributed by atoms with Gasteiger partial charge in [0.25, 0.3) is 0 Å². The van der Waals surface area contributed by atoms with E-state index in [0.29, 0.717) is 0 Å². The quantitative estimate of drug-likeness (QED) is 0.612. The third-order valence-corrected chi connectivity index (χ3v) is 3.47. The first kappa shape index (κ1) is 16.4. The zero-order chi connectivity index (χ0) is 18.1. The summed E-state index contributed by atoms with van der Waals surface area (Å²) in [7, 11) is 0. The van der Waals surface area contributed by atoms with Crippen LogP contribution in [0.15, 0.2) is 36.4 Å². The molecule has 2 aromatic rings. The van der Waals surface area contributed by atoms with Crippen LogP contribution in [-0.2, 0) is 9.47 Å². The van der Waals surface area contributed by atoms with Crippen LogP contribution in [0.3, 0.4) is 0 Å². The second-order valence-electron chi connectivity index (χ2n) is 4.87. The lowest BCUT2D eigenvalue weighted by atomic mass is 10.1. The van der Waals surface area contributed by atoms with E-state index in [2.05, 4.69) is 9.47 Å². The lowest BCUT2D eigenvalue weighted by Crippen LogP contribution is -1.97. The number of rotatable bonds is 2. The van der Waals surface area contributed by atoms with Crippen molar-refractivity contribution in [1.82, 2.24) is 0 Å². The normalized spacial score (nSPS) is 14.2. The predicted octanol–water partition coefficient (Wildman–Crippen LogP) is 3.13. The number of fused-ring (bicyclic) bond motifs is 2. The average Bonchev–Trinajstić information content (AvgIpc) is 3.05. The van der Waals surface area contributed by atoms with E-state index in [1.807, 2.05) is 13.8 Å². The highest BCUT2D eigenvalue weighted by atomic mass is 16.6. The maximum atomic E-state index is 11.5. The molecule has 2 aromatic carbocycles. The molecule has 0 atom stereocenters. The van der Waals surface area contributed by atoms with Gasteiger partial charge in [0.1, 0.15) is 11.5 Å². The summed E-state index contributed by atoms with van der Waals surface area (Å²) in [5.74, 6) is -2.30. The van der Waals surface area contributed by atoms with E-state index >= 15 is 0 Å². The highest BCUT2D eigenvalue weighted by molar-refractivity contribution is 6.15. The van der Waals surface area contributed by atoms with E-state index in [9.17, 15) is 19.2 Å². The molecule has 2 aliphatic heterocycles. The zero-order valence-corrected chi connectivity index (χ0v) is 13.3. The number of carbonyl (C=O) groups excluding carboxylic acids is 4. The van der Waals surface area contributed by atoms with Crippen LogP contribution in [-0.4, -0.2) is 23.9 Å². The van der Waals surface area contributed by atoms with Crippen molar-refractivity contribution in [3.63, 3.8) is 0 Å². The minimum Gasteiger partial charge on any atom is -0.457 e. The molecular formula is C18H12O7. The maximum Gasteiger partial charge on any atom is 0.347 e. The molecule has 25 heavy (non-hydrogen) atoms. The molecule has 2 aliphatic rings. The number of hydrogen-bond acceptors (Lipinski definition) is 7. The Labute approximate surface area is 142 Å². The second-order valence-corrected chi connectivity index (χ2v) is 4.87. The van der Waals surface area contributed by atoms with Crippen LogP contribution in [0.25, 0.3) is 0 Å². The van der Waals surface area contributed by atoms with E-state index in [-0.39, 0.29) is 33.8 Å². The summed E-state index contributed by atoms with van der Waals surface area (Å²) in [6.07, 6.45) is 0. The molecule has 0 saturated carbocycles. The summed E-state index contributed by atoms with van der Waals surface area (Å²) in [5, 5.41) is 0. The van der Waals surface area contributed by atoms with Crippen LogP contribution in [0.5, 0.6) is 11.5 Å². The third-order valence-electron chi connectivity index (χ3n) is 3.47. The van der Waals surface area contributed by atoms with Crippen molar-refractivity contribution < 1.29 is 33.4 Å². The number of benzene rings is 2. The van der Waals surface area contributed by atoms with Gasteiger partial charge in [0, 0.05) is 0 Å². The van der Waals surface area contributed by atoms with Gasteiger partial charge in [-0.1, -0.05) is 13.8 Å². The average molecular weight is 340 g/mol. The lowest BCUT2D eigenvalue weighted by Gasteiger charge is -2.06. The Kier molecular flexibility index (Phi) is 4.06. The van der Waals surface area contributed by atoms with Gasteiger partial charge >= 0.3 is 23.9 Å². The molecule has 0 radical (unpaired) electrons. The number of ether oxygens (including phenoxy) is 3. The summed E-state index contributed by atoms with van der Waals surface area (Å²) in [6, 6.07) is 8.58. The molecule has 0 unspecified atom stereocenters. The molecule has 0 saturated heterocycles. The number of hydrogen-bond donors (Lipinski definition) is 0. The summed E-state index contributed by atoms with van der Waals surface area (Å²) in [5.41, 5.74) is 0.572. The lowest BCUT2D eigenvalue weighted by molar-refractivity contribution is 0.0425. The van der Waals surface area contributed by atoms with E-state index < -0.39 is 23.9 Å². The van der Waals surface area contributed by atoms with Crippen LogP contribution in [0, 0.1) is 0 Å². The Hall–Kier alpha value is -3.48.